The van der Waals surface area contributed by atoms with Crippen LogP contribution in [0, 0.1) is 11.3 Å². The first-order valence-electron chi connectivity index (χ1n) is 26.0. The minimum Gasteiger partial charge on any atom is -0.309 e. The lowest BCUT2D eigenvalue weighted by Gasteiger charge is -2.24. The fourth-order valence-electron chi connectivity index (χ4n) is 11.9. The van der Waals surface area contributed by atoms with E-state index in [0.29, 0.717) is 11.4 Å². The van der Waals surface area contributed by atoms with Gasteiger partial charge in [-0.1, -0.05) is 188 Å². The van der Waals surface area contributed by atoms with E-state index in [1.54, 1.807) is 0 Å². The van der Waals surface area contributed by atoms with Crippen molar-refractivity contribution in [3.8, 4) is 79.3 Å². The molecule has 6 heteroatoms. The number of nitriles is 1. The van der Waals surface area contributed by atoms with E-state index in [4.69, 9.17) is 9.97 Å². The van der Waals surface area contributed by atoms with Crippen LogP contribution in [0.2, 0.25) is 0 Å². The van der Waals surface area contributed by atoms with Gasteiger partial charge in [0.05, 0.1) is 73.2 Å². The lowest BCUT2D eigenvalue weighted by Crippen LogP contribution is -2.06. The number of para-hydroxylation sites is 7. The Morgan fingerprint density at radius 1 is 0.286 bits per heavy atom. The van der Waals surface area contributed by atoms with Crippen molar-refractivity contribution in [1.82, 2.24) is 23.7 Å². The molecule has 0 atom stereocenters. The fraction of sp³-hybridized carbons (Fsp3) is 0. The summed E-state index contributed by atoms with van der Waals surface area (Å²) in [5.74, 6) is 0.640. The summed E-state index contributed by atoms with van der Waals surface area (Å²) in [6, 6.07) is 97.2. The zero-order valence-corrected chi connectivity index (χ0v) is 41.6. The van der Waals surface area contributed by atoms with E-state index in [1.165, 1.54) is 21.5 Å². The number of hydrogen-bond acceptors (Lipinski definition) is 3. The fourth-order valence-corrected chi connectivity index (χ4v) is 11.9. The minimum atomic E-state index is 0.608. The molecule has 15 rings (SSSR count). The van der Waals surface area contributed by atoms with Gasteiger partial charge >= 0.3 is 0 Å². The average Bonchev–Trinajstić information content (AvgIpc) is 4.31. The van der Waals surface area contributed by atoms with E-state index in [2.05, 4.69) is 250 Å². The van der Waals surface area contributed by atoms with Crippen LogP contribution in [0.1, 0.15) is 5.56 Å². The van der Waals surface area contributed by atoms with Gasteiger partial charge in [-0.15, -0.1) is 0 Å². The van der Waals surface area contributed by atoms with Crippen LogP contribution in [0.3, 0.4) is 0 Å². The van der Waals surface area contributed by atoms with E-state index in [9.17, 15) is 5.26 Å². The summed E-state index contributed by atoms with van der Waals surface area (Å²) in [4.78, 5) is 10.8. The number of aromatic nitrogens is 5. The third-order valence-electron chi connectivity index (χ3n) is 15.3. The zero-order chi connectivity index (χ0) is 51.0. The van der Waals surface area contributed by atoms with Crippen molar-refractivity contribution in [3.63, 3.8) is 0 Å². The highest BCUT2D eigenvalue weighted by molar-refractivity contribution is 6.14. The summed E-state index contributed by atoms with van der Waals surface area (Å²) in [5, 5.41) is 17.2. The van der Waals surface area contributed by atoms with Gasteiger partial charge in [0.2, 0.25) is 0 Å². The van der Waals surface area contributed by atoms with Crippen molar-refractivity contribution in [2.24, 2.45) is 0 Å². The summed E-state index contributed by atoms with van der Waals surface area (Å²) in [6.07, 6.45) is 0. The minimum absolute atomic E-state index is 0.608. The Hall–Kier alpha value is -10.6. The molecule has 77 heavy (non-hydrogen) atoms. The molecule has 0 amide bonds. The zero-order valence-electron chi connectivity index (χ0n) is 41.6. The predicted molar refractivity (Wildman–Crippen MR) is 317 cm³/mol. The monoisotopic (exact) mass is 980 g/mol. The largest absolute Gasteiger partial charge is 0.309 e. The molecule has 0 aliphatic rings. The van der Waals surface area contributed by atoms with Gasteiger partial charge in [-0.3, -0.25) is 0 Å². The highest BCUT2D eigenvalue weighted by Crippen LogP contribution is 2.48. The molecule has 358 valence electrons. The van der Waals surface area contributed by atoms with Gasteiger partial charge in [0.25, 0.3) is 0 Å². The quantitative estimate of drug-likeness (QED) is 0.152. The maximum absolute atomic E-state index is 10.4. The number of fused-ring (bicyclic) bond motifs is 9. The van der Waals surface area contributed by atoms with E-state index in [-0.39, 0.29) is 0 Å². The first-order valence-corrected chi connectivity index (χ1v) is 26.0. The van der Waals surface area contributed by atoms with Crippen molar-refractivity contribution in [2.75, 3.05) is 0 Å². The third-order valence-corrected chi connectivity index (χ3v) is 15.3. The molecule has 0 N–H and O–H groups in total. The molecule has 0 aliphatic carbocycles. The van der Waals surface area contributed by atoms with Crippen LogP contribution >= 0.6 is 0 Å². The molecule has 0 saturated carbocycles. The van der Waals surface area contributed by atoms with Crippen molar-refractivity contribution < 1.29 is 0 Å². The van der Waals surface area contributed by atoms with Gasteiger partial charge in [0.15, 0.2) is 5.82 Å². The van der Waals surface area contributed by atoms with Gasteiger partial charge in [0.1, 0.15) is 0 Å². The molecule has 6 nitrogen and oxygen atoms in total. The second-order valence-electron chi connectivity index (χ2n) is 19.6. The Morgan fingerprint density at radius 2 is 0.662 bits per heavy atom. The highest BCUT2D eigenvalue weighted by atomic mass is 15.0. The molecule has 4 aromatic heterocycles. The molecule has 4 heterocycles. The Morgan fingerprint density at radius 3 is 1.14 bits per heavy atom. The molecule has 0 fully saturated rings. The van der Waals surface area contributed by atoms with Crippen LogP contribution in [-0.2, 0) is 0 Å². The van der Waals surface area contributed by atoms with Crippen LogP contribution in [0.15, 0.2) is 267 Å². The van der Waals surface area contributed by atoms with Crippen LogP contribution in [0.5, 0.6) is 0 Å². The van der Waals surface area contributed by atoms with Crippen LogP contribution in [0.25, 0.3) is 139 Å². The van der Waals surface area contributed by atoms with Crippen LogP contribution in [-0.4, -0.2) is 23.7 Å². The second kappa shape index (κ2) is 17.8. The van der Waals surface area contributed by atoms with Crippen molar-refractivity contribution in [3.05, 3.63) is 272 Å². The summed E-state index contributed by atoms with van der Waals surface area (Å²) in [7, 11) is 0. The molecule has 0 radical (unpaired) electrons. The summed E-state index contributed by atoms with van der Waals surface area (Å²) in [6.45, 7) is 0. The summed E-state index contributed by atoms with van der Waals surface area (Å²) >= 11 is 0. The normalized spacial score (nSPS) is 11.6. The van der Waals surface area contributed by atoms with Crippen molar-refractivity contribution >= 4 is 65.4 Å². The van der Waals surface area contributed by atoms with Crippen LogP contribution < -0.4 is 0 Å². The first-order chi connectivity index (χ1) is 38.2. The van der Waals surface area contributed by atoms with E-state index in [0.717, 1.165) is 111 Å². The highest BCUT2D eigenvalue weighted by Gasteiger charge is 2.27. The maximum atomic E-state index is 10.4. The topological polar surface area (TPSA) is 64.4 Å². The third kappa shape index (κ3) is 7.03. The molecule has 15 aromatic rings. The molecular formula is C71H44N6. The molecule has 0 spiro atoms. The smallest absolute Gasteiger partial charge is 0.160 e. The average molecular weight is 981 g/mol. The molecular weight excluding hydrogens is 937 g/mol. The summed E-state index contributed by atoms with van der Waals surface area (Å²) in [5.41, 5.74) is 18.7. The Bertz CT molecular complexity index is 4540. The summed E-state index contributed by atoms with van der Waals surface area (Å²) < 4.78 is 7.30. The predicted octanol–water partition coefficient (Wildman–Crippen LogP) is 18.0. The number of rotatable bonds is 8. The lowest BCUT2D eigenvalue weighted by atomic mass is 9.90. The number of nitrogens with zero attached hydrogens (tertiary/aromatic N) is 6. The lowest BCUT2D eigenvalue weighted by molar-refractivity contribution is 1.15. The Labute approximate surface area is 443 Å². The van der Waals surface area contributed by atoms with Gasteiger partial charge in [-0.25, -0.2) is 9.97 Å². The van der Waals surface area contributed by atoms with Gasteiger partial charge in [0, 0.05) is 71.3 Å². The number of hydrogen-bond donors (Lipinski definition) is 0. The Balaban J connectivity index is 1.14. The van der Waals surface area contributed by atoms with E-state index in [1.807, 2.05) is 36.4 Å². The van der Waals surface area contributed by atoms with Crippen LogP contribution in [0.4, 0.5) is 0 Å². The van der Waals surface area contributed by atoms with Crippen molar-refractivity contribution in [2.45, 2.75) is 0 Å². The van der Waals surface area contributed by atoms with E-state index >= 15 is 0 Å². The molecule has 0 aliphatic heterocycles. The molecule has 0 saturated heterocycles. The molecule has 0 bridgehead atoms. The molecule has 11 aromatic carbocycles. The second-order valence-corrected chi connectivity index (χ2v) is 19.6. The maximum Gasteiger partial charge on any atom is 0.160 e. The van der Waals surface area contributed by atoms with Crippen molar-refractivity contribution in [1.29, 1.82) is 5.26 Å². The number of benzene rings is 11. The Kier molecular flexibility index (Phi) is 10.2. The van der Waals surface area contributed by atoms with E-state index < -0.39 is 0 Å². The van der Waals surface area contributed by atoms with Gasteiger partial charge in [-0.05, 0) is 78.9 Å². The standard InChI is InChI=1S/C71H44N6/c72-45-46-39-40-69-57(41-46)54-29-11-20-38-68(54)77(69)70-58(55-30-12-18-36-66(55)75-62-32-14-7-25-50(62)51-26-8-15-33-63(51)75)42-49(61-44-60(47-21-3-1-4-22-47)73-71(74-61)48-23-5-2-6-24-48)43-59(70)56-31-13-19-37-67(56)76-64-34-16-9-27-52(64)53-28-10-17-35-65(53)76/h1-44H. The van der Waals surface area contributed by atoms with Gasteiger partial charge in [-0.2, -0.15) is 5.26 Å². The SMILES string of the molecule is N#Cc1ccc2c(c1)c1ccccc1n2-c1c(-c2ccccc2-n2c3ccccc3c3ccccc32)cc(-c2cc(-c3ccccc3)nc(-c3ccccc3)n2)cc1-c1ccccc1-n1c2ccccc2c2ccccc21. The molecule has 0 unspecified atom stereocenters. The van der Waals surface area contributed by atoms with Gasteiger partial charge < -0.3 is 13.7 Å². The first kappa shape index (κ1) is 43.9.